The van der Waals surface area contributed by atoms with Crippen molar-refractivity contribution in [2.24, 2.45) is 0 Å². The summed E-state index contributed by atoms with van der Waals surface area (Å²) in [7, 11) is 6.81. The van der Waals surface area contributed by atoms with Gasteiger partial charge in [0.15, 0.2) is 11.5 Å². The molecule has 0 saturated heterocycles. The van der Waals surface area contributed by atoms with Crippen LogP contribution in [0.5, 0.6) is 11.5 Å². The fourth-order valence-corrected chi connectivity index (χ4v) is 2.22. The van der Waals surface area contributed by atoms with Gasteiger partial charge in [-0.3, -0.25) is 10.2 Å². The topological polar surface area (TPSA) is 50.8 Å². The van der Waals surface area contributed by atoms with Crippen molar-refractivity contribution in [3.63, 3.8) is 0 Å². The minimum Gasteiger partial charge on any atom is -0.493 e. The van der Waals surface area contributed by atoms with Gasteiger partial charge in [0.25, 0.3) is 0 Å². The van der Waals surface area contributed by atoms with Gasteiger partial charge in [0, 0.05) is 14.1 Å². The lowest BCUT2D eigenvalue weighted by molar-refractivity contribution is -0.127. The van der Waals surface area contributed by atoms with Crippen LogP contribution in [0.4, 0.5) is 0 Å². The average molecular weight is 264 g/mol. The van der Waals surface area contributed by atoms with Crippen LogP contribution >= 0.6 is 0 Å². The summed E-state index contributed by atoms with van der Waals surface area (Å²) >= 11 is 0. The molecule has 0 unspecified atom stereocenters. The van der Waals surface area contributed by atoms with Crippen LogP contribution in [-0.4, -0.2) is 39.2 Å². The van der Waals surface area contributed by atoms with Crippen molar-refractivity contribution >= 4 is 5.91 Å². The average Bonchev–Trinajstić information content (AvgIpc) is 3.18. The van der Waals surface area contributed by atoms with E-state index < -0.39 is 5.41 Å². The first-order chi connectivity index (χ1) is 9.03. The minimum atomic E-state index is -0.413. The number of hydrogen-bond acceptors (Lipinski definition) is 4. The minimum absolute atomic E-state index is 0.0321. The molecule has 1 amide bonds. The molecule has 19 heavy (non-hydrogen) atoms. The third-order valence-electron chi connectivity index (χ3n) is 3.45. The summed E-state index contributed by atoms with van der Waals surface area (Å²) in [6.45, 7) is 0. The van der Waals surface area contributed by atoms with E-state index in [4.69, 9.17) is 9.47 Å². The first kappa shape index (κ1) is 13.7. The number of hydrogen-bond donors (Lipinski definition) is 1. The number of methoxy groups -OCH3 is 2. The van der Waals surface area contributed by atoms with Gasteiger partial charge in [-0.1, -0.05) is 6.07 Å². The molecular weight excluding hydrogens is 244 g/mol. The van der Waals surface area contributed by atoms with Crippen LogP contribution in [-0.2, 0) is 10.2 Å². The zero-order valence-electron chi connectivity index (χ0n) is 11.8. The fraction of sp³-hybridized carbons (Fsp3) is 0.500. The maximum Gasteiger partial charge on any atom is 0.244 e. The number of carbonyl (C=O) groups is 1. The Hall–Kier alpha value is -1.75. The number of benzene rings is 1. The number of hydrazine groups is 1. The van der Waals surface area contributed by atoms with E-state index in [9.17, 15) is 4.79 Å². The summed E-state index contributed by atoms with van der Waals surface area (Å²) in [6.07, 6.45) is 1.73. The molecule has 0 spiro atoms. The van der Waals surface area contributed by atoms with E-state index in [1.165, 1.54) is 0 Å². The summed E-state index contributed by atoms with van der Waals surface area (Å²) in [5.74, 6) is 1.36. The van der Waals surface area contributed by atoms with Crippen molar-refractivity contribution in [1.82, 2.24) is 10.4 Å². The van der Waals surface area contributed by atoms with Gasteiger partial charge in [-0.2, -0.15) is 0 Å². The maximum absolute atomic E-state index is 12.3. The largest absolute Gasteiger partial charge is 0.493 e. The number of carbonyl (C=O) groups excluding carboxylic acids is 1. The van der Waals surface area contributed by atoms with Gasteiger partial charge in [-0.05, 0) is 30.5 Å². The first-order valence-corrected chi connectivity index (χ1v) is 6.24. The smallest absolute Gasteiger partial charge is 0.244 e. The molecule has 0 bridgehead atoms. The van der Waals surface area contributed by atoms with Gasteiger partial charge in [0.1, 0.15) is 0 Å². The van der Waals surface area contributed by atoms with E-state index in [-0.39, 0.29) is 5.91 Å². The van der Waals surface area contributed by atoms with E-state index in [1.54, 1.807) is 19.2 Å². The highest BCUT2D eigenvalue weighted by Gasteiger charge is 2.51. The van der Waals surface area contributed by atoms with E-state index in [1.807, 2.05) is 32.3 Å². The molecule has 1 saturated carbocycles. The fourth-order valence-electron chi connectivity index (χ4n) is 2.22. The molecule has 0 aromatic heterocycles. The highest BCUT2D eigenvalue weighted by molar-refractivity contribution is 5.91. The highest BCUT2D eigenvalue weighted by atomic mass is 16.5. The molecule has 1 aromatic carbocycles. The van der Waals surface area contributed by atoms with Crippen LogP contribution in [0.3, 0.4) is 0 Å². The SMILES string of the molecule is COc1ccc(C2(C(=O)NN(C)C)CC2)cc1OC. The van der Waals surface area contributed by atoms with Crippen LogP contribution in [0, 0.1) is 0 Å². The molecule has 5 heteroatoms. The Balaban J connectivity index is 2.29. The molecule has 0 aliphatic heterocycles. The predicted molar refractivity (Wildman–Crippen MR) is 72.3 cm³/mol. The molecular formula is C14H20N2O3. The second-order valence-corrected chi connectivity index (χ2v) is 4.99. The number of rotatable bonds is 5. The molecule has 1 N–H and O–H groups in total. The van der Waals surface area contributed by atoms with Crippen LogP contribution in [0.2, 0.25) is 0 Å². The Morgan fingerprint density at radius 1 is 1.21 bits per heavy atom. The molecule has 0 heterocycles. The molecule has 1 fully saturated rings. The van der Waals surface area contributed by atoms with Gasteiger partial charge in [-0.15, -0.1) is 0 Å². The van der Waals surface area contributed by atoms with Crippen molar-refractivity contribution in [2.75, 3.05) is 28.3 Å². The third-order valence-corrected chi connectivity index (χ3v) is 3.45. The van der Waals surface area contributed by atoms with Gasteiger partial charge >= 0.3 is 0 Å². The molecule has 0 atom stereocenters. The molecule has 1 aliphatic carbocycles. The lowest BCUT2D eigenvalue weighted by Gasteiger charge is -2.20. The van der Waals surface area contributed by atoms with Crippen molar-refractivity contribution in [3.8, 4) is 11.5 Å². The zero-order chi connectivity index (χ0) is 14.0. The van der Waals surface area contributed by atoms with Crippen molar-refractivity contribution in [3.05, 3.63) is 23.8 Å². The van der Waals surface area contributed by atoms with E-state index in [0.29, 0.717) is 11.5 Å². The number of nitrogens with zero attached hydrogens (tertiary/aromatic N) is 1. The summed E-state index contributed by atoms with van der Waals surface area (Å²) in [5, 5.41) is 1.67. The summed E-state index contributed by atoms with van der Waals surface area (Å²) in [4.78, 5) is 12.3. The van der Waals surface area contributed by atoms with E-state index in [0.717, 1.165) is 18.4 Å². The van der Waals surface area contributed by atoms with Crippen LogP contribution < -0.4 is 14.9 Å². The Morgan fingerprint density at radius 2 is 1.84 bits per heavy atom. The summed E-state index contributed by atoms with van der Waals surface area (Å²) in [6, 6.07) is 5.67. The summed E-state index contributed by atoms with van der Waals surface area (Å²) in [5.41, 5.74) is 3.40. The van der Waals surface area contributed by atoms with Gasteiger partial charge in [0.2, 0.25) is 5.91 Å². The molecule has 104 valence electrons. The highest BCUT2D eigenvalue weighted by Crippen LogP contribution is 2.50. The number of amides is 1. The molecule has 2 rings (SSSR count). The Labute approximate surface area is 113 Å². The number of ether oxygens (including phenoxy) is 2. The van der Waals surface area contributed by atoms with Crippen LogP contribution in [0.25, 0.3) is 0 Å². The monoisotopic (exact) mass is 264 g/mol. The van der Waals surface area contributed by atoms with Gasteiger partial charge in [-0.25, -0.2) is 5.01 Å². The predicted octanol–water partition coefficient (Wildman–Crippen LogP) is 1.33. The third kappa shape index (κ3) is 2.51. The molecule has 1 aliphatic rings. The Bertz CT molecular complexity index is 482. The van der Waals surface area contributed by atoms with Gasteiger partial charge < -0.3 is 9.47 Å². The first-order valence-electron chi connectivity index (χ1n) is 6.24. The van der Waals surface area contributed by atoms with E-state index >= 15 is 0 Å². The van der Waals surface area contributed by atoms with Crippen molar-refractivity contribution < 1.29 is 14.3 Å². The van der Waals surface area contributed by atoms with E-state index in [2.05, 4.69) is 5.43 Å². The molecule has 0 radical (unpaired) electrons. The van der Waals surface area contributed by atoms with Crippen LogP contribution in [0.1, 0.15) is 18.4 Å². The lowest BCUT2D eigenvalue weighted by atomic mass is 9.95. The van der Waals surface area contributed by atoms with Gasteiger partial charge in [0.05, 0.1) is 19.6 Å². The molecule has 1 aromatic rings. The number of nitrogens with one attached hydrogen (secondary N) is 1. The normalized spacial score (nSPS) is 16.1. The summed E-state index contributed by atoms with van der Waals surface area (Å²) < 4.78 is 10.5. The zero-order valence-corrected chi connectivity index (χ0v) is 11.8. The quantitative estimate of drug-likeness (QED) is 0.815. The maximum atomic E-state index is 12.3. The Kier molecular flexibility index (Phi) is 3.66. The second kappa shape index (κ2) is 5.09. The molecule has 5 nitrogen and oxygen atoms in total. The van der Waals surface area contributed by atoms with Crippen LogP contribution in [0.15, 0.2) is 18.2 Å². The standard InChI is InChI=1S/C14H20N2O3/c1-16(2)15-13(17)14(7-8-14)10-5-6-11(18-3)12(9-10)19-4/h5-6,9H,7-8H2,1-4H3,(H,15,17). The van der Waals surface area contributed by atoms with Crippen molar-refractivity contribution in [1.29, 1.82) is 0 Å². The van der Waals surface area contributed by atoms with Crippen molar-refractivity contribution in [2.45, 2.75) is 18.3 Å². The second-order valence-electron chi connectivity index (χ2n) is 4.99. The lowest BCUT2D eigenvalue weighted by Crippen LogP contribution is -2.42. The Morgan fingerprint density at radius 3 is 2.32 bits per heavy atom.